The topological polar surface area (TPSA) is 74.7 Å². The lowest BCUT2D eigenvalue weighted by Crippen LogP contribution is -2.51. The molecule has 1 aliphatic rings. The maximum absolute atomic E-state index is 13.8. The summed E-state index contributed by atoms with van der Waals surface area (Å²) >= 11 is 0. The zero-order chi connectivity index (χ0) is 16.7. The van der Waals surface area contributed by atoms with Crippen LogP contribution in [0.2, 0.25) is 0 Å². The fraction of sp³-hybridized carbons (Fsp3) is 0.462. The first kappa shape index (κ1) is 16.8. The van der Waals surface area contributed by atoms with Crippen LogP contribution in [0, 0.1) is 18.7 Å². The summed E-state index contributed by atoms with van der Waals surface area (Å²) < 4.78 is 66.1. The van der Waals surface area contributed by atoms with Crippen molar-refractivity contribution >= 4 is 16.0 Å². The number of piperidine rings is 1. The van der Waals surface area contributed by atoms with Crippen LogP contribution in [0.25, 0.3) is 0 Å². The van der Waals surface area contributed by atoms with Gasteiger partial charge >= 0.3 is 5.97 Å². The van der Waals surface area contributed by atoms with Gasteiger partial charge in [-0.15, -0.1) is 0 Å². The number of benzene rings is 1. The van der Waals surface area contributed by atoms with Crippen molar-refractivity contribution in [2.75, 3.05) is 13.1 Å². The Morgan fingerprint density at radius 3 is 2.64 bits per heavy atom. The van der Waals surface area contributed by atoms with Crippen molar-refractivity contribution in [2.45, 2.75) is 24.2 Å². The fourth-order valence-electron chi connectivity index (χ4n) is 2.35. The Labute approximate surface area is 125 Å². The highest BCUT2D eigenvalue weighted by Crippen LogP contribution is 2.34. The normalized spacial score (nSPS) is 22.5. The van der Waals surface area contributed by atoms with E-state index in [0.717, 1.165) is 12.1 Å². The number of alkyl halides is 2. The highest BCUT2D eigenvalue weighted by Gasteiger charge is 2.47. The van der Waals surface area contributed by atoms with Crippen molar-refractivity contribution < 1.29 is 31.5 Å². The van der Waals surface area contributed by atoms with Crippen molar-refractivity contribution in [1.29, 1.82) is 0 Å². The monoisotopic (exact) mass is 337 g/mol. The molecule has 1 heterocycles. The number of hydrogen-bond donors (Lipinski definition) is 1. The third-order valence-electron chi connectivity index (χ3n) is 3.43. The van der Waals surface area contributed by atoms with E-state index < -0.39 is 58.1 Å². The Morgan fingerprint density at radius 1 is 1.41 bits per heavy atom. The number of nitrogens with zero attached hydrogens (tertiary/aromatic N) is 1. The van der Waals surface area contributed by atoms with Gasteiger partial charge in [0.15, 0.2) is 0 Å². The molecule has 9 heteroatoms. The van der Waals surface area contributed by atoms with E-state index in [1.165, 1.54) is 13.0 Å². The SMILES string of the molecule is Cc1ccc(F)c(S(=O)(=O)N2CC(C(=O)O)CC(F)(F)C2)c1. The first-order valence-electron chi connectivity index (χ1n) is 6.40. The van der Waals surface area contributed by atoms with E-state index in [1.807, 2.05) is 0 Å². The molecule has 0 aromatic heterocycles. The molecule has 5 nitrogen and oxygen atoms in total. The third kappa shape index (κ3) is 3.25. The molecular formula is C13H14F3NO4S. The molecule has 1 aromatic carbocycles. The minimum atomic E-state index is -4.54. The maximum Gasteiger partial charge on any atom is 0.308 e. The lowest BCUT2D eigenvalue weighted by Gasteiger charge is -2.35. The average molecular weight is 337 g/mol. The molecule has 0 amide bonds. The van der Waals surface area contributed by atoms with Crippen molar-refractivity contribution in [3.8, 4) is 0 Å². The van der Waals surface area contributed by atoms with Gasteiger partial charge < -0.3 is 5.11 Å². The van der Waals surface area contributed by atoms with Gasteiger partial charge in [0.25, 0.3) is 5.92 Å². The molecule has 22 heavy (non-hydrogen) atoms. The van der Waals surface area contributed by atoms with Crippen LogP contribution in [-0.2, 0) is 14.8 Å². The van der Waals surface area contributed by atoms with Gasteiger partial charge in [0, 0.05) is 13.0 Å². The number of aliphatic carboxylic acids is 1. The van der Waals surface area contributed by atoms with Crippen molar-refractivity contribution in [1.82, 2.24) is 4.31 Å². The van der Waals surface area contributed by atoms with Gasteiger partial charge in [-0.2, -0.15) is 4.31 Å². The van der Waals surface area contributed by atoms with E-state index >= 15 is 0 Å². The summed E-state index contributed by atoms with van der Waals surface area (Å²) in [5, 5.41) is 8.89. The van der Waals surface area contributed by atoms with Crippen LogP contribution in [0.5, 0.6) is 0 Å². The molecule has 2 rings (SSSR count). The van der Waals surface area contributed by atoms with Gasteiger partial charge in [0.1, 0.15) is 10.7 Å². The van der Waals surface area contributed by atoms with Gasteiger partial charge in [-0.3, -0.25) is 4.79 Å². The summed E-state index contributed by atoms with van der Waals surface area (Å²) in [6.07, 6.45) is -0.940. The minimum Gasteiger partial charge on any atom is -0.481 e. The molecule has 1 unspecified atom stereocenters. The first-order chi connectivity index (χ1) is 10.0. The number of carboxylic acid groups (broad SMARTS) is 1. The van der Waals surface area contributed by atoms with Crippen LogP contribution in [0.15, 0.2) is 23.1 Å². The second kappa shape index (κ2) is 5.54. The van der Waals surface area contributed by atoms with Crippen LogP contribution in [-0.4, -0.2) is 42.8 Å². The Bertz CT molecular complexity index is 705. The molecule has 0 radical (unpaired) electrons. The maximum atomic E-state index is 13.8. The van der Waals surface area contributed by atoms with Crippen molar-refractivity contribution in [2.24, 2.45) is 5.92 Å². The van der Waals surface area contributed by atoms with E-state index in [4.69, 9.17) is 5.11 Å². The molecular weight excluding hydrogens is 323 g/mol. The largest absolute Gasteiger partial charge is 0.481 e. The number of hydrogen-bond acceptors (Lipinski definition) is 3. The van der Waals surface area contributed by atoms with E-state index in [0.29, 0.717) is 9.87 Å². The Balaban J connectivity index is 2.44. The molecule has 1 aliphatic heterocycles. The number of aryl methyl sites for hydroxylation is 1. The zero-order valence-corrected chi connectivity index (χ0v) is 12.4. The highest BCUT2D eigenvalue weighted by atomic mass is 32.2. The quantitative estimate of drug-likeness (QED) is 0.914. The van der Waals surface area contributed by atoms with E-state index in [1.54, 1.807) is 0 Å². The summed E-state index contributed by atoms with van der Waals surface area (Å²) in [7, 11) is -4.54. The smallest absolute Gasteiger partial charge is 0.308 e. The predicted molar refractivity (Wildman–Crippen MR) is 70.6 cm³/mol. The first-order valence-corrected chi connectivity index (χ1v) is 7.84. The molecule has 0 spiro atoms. The molecule has 0 aliphatic carbocycles. The molecule has 122 valence electrons. The van der Waals surface area contributed by atoms with Crippen LogP contribution in [0.1, 0.15) is 12.0 Å². The van der Waals surface area contributed by atoms with Crippen LogP contribution in [0.3, 0.4) is 0 Å². The summed E-state index contributed by atoms with van der Waals surface area (Å²) in [4.78, 5) is 10.2. The molecule has 1 aromatic rings. The fourth-order valence-corrected chi connectivity index (χ4v) is 4.02. The lowest BCUT2D eigenvalue weighted by molar-refractivity contribution is -0.150. The van der Waals surface area contributed by atoms with Gasteiger partial charge in [-0.05, 0) is 24.6 Å². The lowest BCUT2D eigenvalue weighted by atomic mass is 9.97. The Hall–Kier alpha value is -1.61. The molecule has 1 saturated heterocycles. The number of rotatable bonds is 3. The van der Waals surface area contributed by atoms with Gasteiger partial charge in [-0.1, -0.05) is 6.07 Å². The molecule has 1 atom stereocenters. The second-order valence-electron chi connectivity index (χ2n) is 5.33. The summed E-state index contributed by atoms with van der Waals surface area (Å²) in [5.74, 6) is -7.59. The standard InChI is InChI=1S/C13H14F3NO4S/c1-8-2-3-10(14)11(4-8)22(20,21)17-6-9(12(18)19)5-13(15,16)7-17/h2-4,9H,5-7H2,1H3,(H,18,19). The van der Waals surface area contributed by atoms with E-state index in [2.05, 4.69) is 0 Å². The van der Waals surface area contributed by atoms with Crippen molar-refractivity contribution in [3.05, 3.63) is 29.6 Å². The van der Waals surface area contributed by atoms with Crippen molar-refractivity contribution in [3.63, 3.8) is 0 Å². The predicted octanol–water partition coefficient (Wildman–Crippen LogP) is 1.86. The Kier molecular flexibility index (Phi) is 4.22. The molecule has 0 bridgehead atoms. The number of halogens is 3. The van der Waals surface area contributed by atoms with Gasteiger partial charge in [0.2, 0.25) is 10.0 Å². The molecule has 1 N–H and O–H groups in total. The van der Waals surface area contributed by atoms with Gasteiger partial charge in [0.05, 0.1) is 12.5 Å². The van der Waals surface area contributed by atoms with Gasteiger partial charge in [-0.25, -0.2) is 21.6 Å². The minimum absolute atomic E-state index is 0.340. The molecule has 1 fully saturated rings. The highest BCUT2D eigenvalue weighted by molar-refractivity contribution is 7.89. The third-order valence-corrected chi connectivity index (χ3v) is 5.26. The number of carbonyl (C=O) groups is 1. The number of carboxylic acids is 1. The van der Waals surface area contributed by atoms with Crippen LogP contribution < -0.4 is 0 Å². The van der Waals surface area contributed by atoms with Crippen LogP contribution in [0.4, 0.5) is 13.2 Å². The average Bonchev–Trinajstić information content (AvgIpc) is 2.39. The Morgan fingerprint density at radius 2 is 2.05 bits per heavy atom. The summed E-state index contributed by atoms with van der Waals surface area (Å²) in [6, 6.07) is 3.31. The van der Waals surface area contributed by atoms with E-state index in [9.17, 15) is 26.4 Å². The number of sulfonamides is 1. The molecule has 0 saturated carbocycles. The summed E-state index contributed by atoms with van der Waals surface area (Å²) in [5.41, 5.74) is 0.443. The summed E-state index contributed by atoms with van der Waals surface area (Å²) in [6.45, 7) is -0.240. The second-order valence-corrected chi connectivity index (χ2v) is 7.23. The van der Waals surface area contributed by atoms with E-state index in [-0.39, 0.29) is 0 Å². The van der Waals surface area contributed by atoms with Crippen LogP contribution >= 0.6 is 0 Å². The zero-order valence-electron chi connectivity index (χ0n) is 11.6.